The van der Waals surface area contributed by atoms with Gasteiger partial charge >= 0.3 is 5.97 Å². The quantitative estimate of drug-likeness (QED) is 0.494. The first-order chi connectivity index (χ1) is 5.15. The molecule has 2 unspecified atom stereocenters. The predicted octanol–water partition coefficient (Wildman–Crippen LogP) is -0.742. The second-order valence-corrected chi connectivity index (χ2v) is 2.98. The summed E-state index contributed by atoms with van der Waals surface area (Å²) in [6.45, 7) is 1.77. The number of nitrogens with two attached hydrogens (primary N) is 1. The van der Waals surface area contributed by atoms with Crippen molar-refractivity contribution in [1.82, 2.24) is 0 Å². The van der Waals surface area contributed by atoms with Gasteiger partial charge in [-0.15, -0.1) is 0 Å². The molecule has 0 aromatic rings. The number of aliphatic hydroxyl groups excluding tert-OH is 1. The van der Waals surface area contributed by atoms with Crippen LogP contribution in [0.5, 0.6) is 0 Å². The molecule has 1 rings (SSSR count). The van der Waals surface area contributed by atoms with Crippen LogP contribution in [0, 0.1) is 5.92 Å². The summed E-state index contributed by atoms with van der Waals surface area (Å²) in [5.74, 6) is -0.295. The molecule has 3 atom stereocenters. The number of hydrogen-bond donors (Lipinski definition) is 2. The number of aliphatic hydroxyl groups is 1. The maximum atomic E-state index is 10.9. The normalized spacial score (nSPS) is 38.5. The summed E-state index contributed by atoms with van der Waals surface area (Å²) < 4.78 is 4.80. The minimum absolute atomic E-state index is 0.105. The van der Waals surface area contributed by atoms with E-state index in [-0.39, 0.29) is 18.6 Å². The highest BCUT2D eigenvalue weighted by molar-refractivity contribution is 5.76. The van der Waals surface area contributed by atoms with Gasteiger partial charge in [0.2, 0.25) is 0 Å². The fraction of sp³-hybridized carbons (Fsp3) is 0.857. The van der Waals surface area contributed by atoms with E-state index in [0.29, 0.717) is 6.42 Å². The Morgan fingerprint density at radius 1 is 1.82 bits per heavy atom. The Balaban J connectivity index is 2.54. The fourth-order valence-corrected chi connectivity index (χ4v) is 1.20. The van der Waals surface area contributed by atoms with Crippen LogP contribution in [-0.4, -0.2) is 29.8 Å². The third-order valence-corrected chi connectivity index (χ3v) is 2.01. The summed E-state index contributed by atoms with van der Waals surface area (Å²) in [4.78, 5) is 10.9. The number of cyclic esters (lactones) is 1. The van der Waals surface area contributed by atoms with E-state index in [9.17, 15) is 4.79 Å². The minimum Gasteiger partial charge on any atom is -0.459 e. The van der Waals surface area contributed by atoms with Gasteiger partial charge in [0, 0.05) is 0 Å². The molecule has 0 saturated carbocycles. The lowest BCUT2D eigenvalue weighted by molar-refractivity contribution is -0.161. The molecular weight excluding hydrogens is 146 g/mol. The van der Waals surface area contributed by atoms with Crippen LogP contribution in [0.25, 0.3) is 0 Å². The minimum atomic E-state index is -0.516. The van der Waals surface area contributed by atoms with Gasteiger partial charge in [-0.05, 0) is 12.3 Å². The molecule has 0 spiro atoms. The molecule has 0 aromatic carbocycles. The van der Waals surface area contributed by atoms with Gasteiger partial charge in [-0.1, -0.05) is 6.92 Å². The van der Waals surface area contributed by atoms with E-state index in [4.69, 9.17) is 15.6 Å². The van der Waals surface area contributed by atoms with Crippen LogP contribution in [-0.2, 0) is 9.53 Å². The van der Waals surface area contributed by atoms with Gasteiger partial charge in [0.1, 0.15) is 12.1 Å². The molecule has 1 saturated heterocycles. The number of hydrogen-bond acceptors (Lipinski definition) is 4. The van der Waals surface area contributed by atoms with Crippen molar-refractivity contribution in [1.29, 1.82) is 0 Å². The SMILES string of the molecule is CC1C[C@@H](CO)OC(=O)C1N. The molecule has 4 nitrogen and oxygen atoms in total. The van der Waals surface area contributed by atoms with E-state index in [0.717, 1.165) is 0 Å². The van der Waals surface area contributed by atoms with Gasteiger partial charge in [-0.3, -0.25) is 4.79 Å². The molecule has 11 heavy (non-hydrogen) atoms. The van der Waals surface area contributed by atoms with Gasteiger partial charge < -0.3 is 15.6 Å². The molecule has 3 N–H and O–H groups in total. The summed E-state index contributed by atoms with van der Waals surface area (Å²) >= 11 is 0. The second-order valence-electron chi connectivity index (χ2n) is 2.98. The van der Waals surface area contributed by atoms with Gasteiger partial charge in [0.25, 0.3) is 0 Å². The predicted molar refractivity (Wildman–Crippen MR) is 38.7 cm³/mol. The highest BCUT2D eigenvalue weighted by atomic mass is 16.6. The fourth-order valence-electron chi connectivity index (χ4n) is 1.20. The van der Waals surface area contributed by atoms with Crippen LogP contribution in [0.4, 0.5) is 0 Å². The lowest BCUT2D eigenvalue weighted by atomic mass is 9.93. The van der Waals surface area contributed by atoms with Gasteiger partial charge in [-0.25, -0.2) is 0 Å². The van der Waals surface area contributed by atoms with Crippen molar-refractivity contribution in [3.8, 4) is 0 Å². The number of rotatable bonds is 1. The van der Waals surface area contributed by atoms with Crippen LogP contribution in [0.3, 0.4) is 0 Å². The first-order valence-electron chi connectivity index (χ1n) is 3.72. The Kier molecular flexibility index (Phi) is 2.46. The molecule has 0 aromatic heterocycles. The first kappa shape index (κ1) is 8.49. The Morgan fingerprint density at radius 2 is 2.45 bits per heavy atom. The van der Waals surface area contributed by atoms with E-state index in [1.165, 1.54) is 0 Å². The molecule has 1 aliphatic heterocycles. The Morgan fingerprint density at radius 3 is 2.91 bits per heavy atom. The summed E-state index contributed by atoms with van der Waals surface area (Å²) in [5.41, 5.74) is 5.48. The monoisotopic (exact) mass is 159 g/mol. The lowest BCUT2D eigenvalue weighted by Crippen LogP contribution is -2.47. The number of esters is 1. The molecule has 0 radical (unpaired) electrons. The zero-order chi connectivity index (χ0) is 8.43. The third kappa shape index (κ3) is 1.70. The van der Waals surface area contributed by atoms with Gasteiger partial charge in [0.15, 0.2) is 0 Å². The van der Waals surface area contributed by atoms with Gasteiger partial charge in [-0.2, -0.15) is 0 Å². The molecule has 1 fully saturated rings. The molecule has 1 heterocycles. The number of ether oxygens (including phenoxy) is 1. The smallest absolute Gasteiger partial charge is 0.323 e. The maximum Gasteiger partial charge on any atom is 0.323 e. The van der Waals surface area contributed by atoms with Crippen LogP contribution in [0.1, 0.15) is 13.3 Å². The van der Waals surface area contributed by atoms with Crippen LogP contribution >= 0.6 is 0 Å². The molecule has 0 aliphatic carbocycles. The summed E-state index contributed by atoms with van der Waals surface area (Å²) in [7, 11) is 0. The highest BCUT2D eigenvalue weighted by Gasteiger charge is 2.32. The van der Waals surface area contributed by atoms with E-state index < -0.39 is 12.0 Å². The Labute approximate surface area is 65.3 Å². The van der Waals surface area contributed by atoms with E-state index in [1.807, 2.05) is 6.92 Å². The van der Waals surface area contributed by atoms with Gasteiger partial charge in [0.05, 0.1) is 6.61 Å². The van der Waals surface area contributed by atoms with Crippen LogP contribution < -0.4 is 5.73 Å². The lowest BCUT2D eigenvalue weighted by Gasteiger charge is -2.29. The molecule has 0 bridgehead atoms. The van der Waals surface area contributed by atoms with Crippen molar-refractivity contribution in [2.75, 3.05) is 6.61 Å². The van der Waals surface area contributed by atoms with Crippen LogP contribution in [0.15, 0.2) is 0 Å². The maximum absolute atomic E-state index is 10.9. The van der Waals surface area contributed by atoms with Crippen molar-refractivity contribution in [2.24, 2.45) is 11.7 Å². The second kappa shape index (κ2) is 3.19. The summed E-state index contributed by atoms with van der Waals surface area (Å²) in [5, 5.41) is 8.69. The van der Waals surface area contributed by atoms with E-state index >= 15 is 0 Å². The summed E-state index contributed by atoms with van der Waals surface area (Å²) in [6, 6.07) is -0.516. The van der Waals surface area contributed by atoms with E-state index in [1.54, 1.807) is 0 Å². The average Bonchev–Trinajstić information content (AvgIpc) is 1.99. The van der Waals surface area contributed by atoms with Crippen molar-refractivity contribution in [2.45, 2.75) is 25.5 Å². The zero-order valence-corrected chi connectivity index (χ0v) is 6.49. The average molecular weight is 159 g/mol. The molecule has 4 heteroatoms. The largest absolute Gasteiger partial charge is 0.459 e. The molecule has 0 amide bonds. The van der Waals surface area contributed by atoms with Crippen molar-refractivity contribution < 1.29 is 14.6 Å². The summed E-state index contributed by atoms with van der Waals surface area (Å²) in [6.07, 6.45) is 0.306. The number of carbonyl (C=O) groups excluding carboxylic acids is 1. The number of carbonyl (C=O) groups is 1. The van der Waals surface area contributed by atoms with E-state index in [2.05, 4.69) is 0 Å². The van der Waals surface area contributed by atoms with Crippen molar-refractivity contribution >= 4 is 5.97 Å². The molecular formula is C7H13NO3. The molecule has 64 valence electrons. The highest BCUT2D eigenvalue weighted by Crippen LogP contribution is 2.19. The first-order valence-corrected chi connectivity index (χ1v) is 3.72. The van der Waals surface area contributed by atoms with Crippen molar-refractivity contribution in [3.05, 3.63) is 0 Å². The standard InChI is InChI=1S/C7H13NO3/c1-4-2-5(3-9)11-7(10)6(4)8/h4-6,9H,2-3,8H2,1H3/t4?,5-,6?/m0/s1. The third-order valence-electron chi connectivity index (χ3n) is 2.01. The Bertz CT molecular complexity index is 160. The molecule has 1 aliphatic rings. The van der Waals surface area contributed by atoms with Crippen molar-refractivity contribution in [3.63, 3.8) is 0 Å². The van der Waals surface area contributed by atoms with Crippen LogP contribution in [0.2, 0.25) is 0 Å². The Hall–Kier alpha value is -0.610. The zero-order valence-electron chi connectivity index (χ0n) is 6.49. The topological polar surface area (TPSA) is 72.5 Å².